The van der Waals surface area contributed by atoms with Crippen LogP contribution in [-0.2, 0) is 15.9 Å². The molecule has 0 radical (unpaired) electrons. The highest BCUT2D eigenvalue weighted by Gasteiger charge is 2.31. The number of piperidine rings is 1. The van der Waals surface area contributed by atoms with Gasteiger partial charge in [-0.05, 0) is 44.9 Å². The number of ether oxygens (including phenoxy) is 1. The third kappa shape index (κ3) is 3.52. The van der Waals surface area contributed by atoms with Crippen LogP contribution < -0.4 is 4.74 Å². The van der Waals surface area contributed by atoms with Gasteiger partial charge in [-0.2, -0.15) is 4.31 Å². The van der Waals surface area contributed by atoms with Crippen molar-refractivity contribution in [3.8, 4) is 5.75 Å². The van der Waals surface area contributed by atoms with Gasteiger partial charge in [-0.25, -0.2) is 8.42 Å². The minimum absolute atomic E-state index is 0.0507. The van der Waals surface area contributed by atoms with Gasteiger partial charge in [-0.3, -0.25) is 0 Å². The molecule has 0 bridgehead atoms. The van der Waals surface area contributed by atoms with Gasteiger partial charge < -0.3 is 4.74 Å². The first-order valence-electron chi connectivity index (χ1n) is 7.34. The molecule has 1 fully saturated rings. The fourth-order valence-electron chi connectivity index (χ4n) is 2.68. The molecule has 0 saturated carbocycles. The smallest absolute Gasteiger partial charge is 0.243 e. The maximum atomic E-state index is 12.8. The van der Waals surface area contributed by atoms with Gasteiger partial charge in [0.15, 0.2) is 0 Å². The Morgan fingerprint density at radius 3 is 2.76 bits per heavy atom. The van der Waals surface area contributed by atoms with Crippen LogP contribution >= 0.6 is 11.6 Å². The molecule has 0 spiro atoms. The number of sulfonamides is 1. The number of hydrogen-bond donors (Lipinski definition) is 0. The van der Waals surface area contributed by atoms with Gasteiger partial charge in [0.1, 0.15) is 5.75 Å². The third-order valence-corrected chi connectivity index (χ3v) is 6.12. The Labute approximate surface area is 132 Å². The lowest BCUT2D eigenvalue weighted by molar-refractivity contribution is 0.268. The first-order valence-corrected chi connectivity index (χ1v) is 9.31. The second-order valence-electron chi connectivity index (χ2n) is 5.30. The average Bonchev–Trinajstić information content (AvgIpc) is 2.48. The maximum Gasteiger partial charge on any atom is 0.243 e. The van der Waals surface area contributed by atoms with Crippen LogP contribution in [0.1, 0.15) is 38.7 Å². The number of alkyl halides is 1. The number of rotatable bonds is 5. The molecule has 118 valence electrons. The molecule has 21 heavy (non-hydrogen) atoms. The first-order chi connectivity index (χ1) is 10.0. The monoisotopic (exact) mass is 331 g/mol. The Morgan fingerprint density at radius 1 is 1.38 bits per heavy atom. The van der Waals surface area contributed by atoms with Crippen molar-refractivity contribution in [2.45, 2.75) is 49.9 Å². The lowest BCUT2D eigenvalue weighted by atomic mass is 10.1. The quantitative estimate of drug-likeness (QED) is 0.777. The third-order valence-electron chi connectivity index (χ3n) is 3.82. The molecule has 1 heterocycles. The fourth-order valence-corrected chi connectivity index (χ4v) is 4.64. The number of nitrogens with zero attached hydrogens (tertiary/aromatic N) is 1. The van der Waals surface area contributed by atoms with Crippen molar-refractivity contribution in [1.82, 2.24) is 4.31 Å². The molecule has 0 aliphatic carbocycles. The number of hydrogen-bond acceptors (Lipinski definition) is 3. The molecule has 2 rings (SSSR count). The van der Waals surface area contributed by atoms with Gasteiger partial charge in [0.2, 0.25) is 10.0 Å². The van der Waals surface area contributed by atoms with E-state index >= 15 is 0 Å². The molecule has 1 aliphatic heterocycles. The van der Waals surface area contributed by atoms with Gasteiger partial charge in [-0.15, -0.1) is 11.6 Å². The molecule has 1 saturated heterocycles. The minimum Gasteiger partial charge on any atom is -0.494 e. The number of benzene rings is 1. The molecule has 1 unspecified atom stereocenters. The standard InChI is InChI=1S/C15H22ClNO3S/c1-3-20-15-8-7-14(10-13(15)11-16)21(18,19)17-9-5-4-6-12(17)2/h7-8,10,12H,3-6,9,11H2,1-2H3. The van der Waals surface area contributed by atoms with E-state index in [0.29, 0.717) is 29.4 Å². The van der Waals surface area contributed by atoms with E-state index in [9.17, 15) is 8.42 Å². The average molecular weight is 332 g/mol. The molecule has 1 atom stereocenters. The second kappa shape index (κ2) is 6.99. The summed E-state index contributed by atoms with van der Waals surface area (Å²) in [6, 6.07) is 4.99. The van der Waals surface area contributed by atoms with Crippen molar-refractivity contribution in [3.05, 3.63) is 23.8 Å². The van der Waals surface area contributed by atoms with Gasteiger partial charge in [-0.1, -0.05) is 6.42 Å². The van der Waals surface area contributed by atoms with E-state index in [1.165, 1.54) is 0 Å². The van der Waals surface area contributed by atoms with Gasteiger partial charge >= 0.3 is 0 Å². The topological polar surface area (TPSA) is 46.6 Å². The van der Waals surface area contributed by atoms with E-state index < -0.39 is 10.0 Å². The molecule has 1 aliphatic rings. The Bertz CT molecular complexity index is 589. The normalized spacial score (nSPS) is 20.4. The van der Waals surface area contributed by atoms with Gasteiger partial charge in [0, 0.05) is 18.2 Å². The molecular formula is C15H22ClNO3S. The van der Waals surface area contributed by atoms with E-state index in [0.717, 1.165) is 19.3 Å². The molecule has 1 aromatic carbocycles. The zero-order valence-corrected chi connectivity index (χ0v) is 14.1. The summed E-state index contributed by atoms with van der Waals surface area (Å²) in [6.45, 7) is 4.97. The van der Waals surface area contributed by atoms with E-state index in [1.54, 1.807) is 22.5 Å². The summed E-state index contributed by atoms with van der Waals surface area (Å²) in [6.07, 6.45) is 2.92. The van der Waals surface area contributed by atoms with Crippen LogP contribution in [0.5, 0.6) is 5.75 Å². The molecular weight excluding hydrogens is 310 g/mol. The molecule has 0 N–H and O–H groups in total. The largest absolute Gasteiger partial charge is 0.494 e. The summed E-state index contributed by atoms with van der Waals surface area (Å²) in [7, 11) is -3.46. The van der Waals surface area contributed by atoms with Crippen molar-refractivity contribution in [3.63, 3.8) is 0 Å². The Balaban J connectivity index is 2.35. The summed E-state index contributed by atoms with van der Waals surface area (Å²) in [4.78, 5) is 0.301. The Hall–Kier alpha value is -0.780. The zero-order chi connectivity index (χ0) is 15.5. The van der Waals surface area contributed by atoms with Crippen LogP contribution in [0.15, 0.2) is 23.1 Å². The van der Waals surface area contributed by atoms with Crippen molar-refractivity contribution >= 4 is 21.6 Å². The second-order valence-corrected chi connectivity index (χ2v) is 7.45. The Morgan fingerprint density at radius 2 is 2.14 bits per heavy atom. The molecule has 6 heteroatoms. The van der Waals surface area contributed by atoms with Crippen LogP contribution in [0.3, 0.4) is 0 Å². The summed E-state index contributed by atoms with van der Waals surface area (Å²) >= 11 is 5.92. The van der Waals surface area contributed by atoms with Crippen molar-refractivity contribution in [1.29, 1.82) is 0 Å². The predicted molar refractivity (Wildman–Crippen MR) is 84.4 cm³/mol. The summed E-state index contributed by atoms with van der Waals surface area (Å²) in [5.74, 6) is 0.881. The van der Waals surface area contributed by atoms with Crippen LogP contribution in [0.4, 0.5) is 0 Å². The SMILES string of the molecule is CCOc1ccc(S(=O)(=O)N2CCCCC2C)cc1CCl. The fraction of sp³-hybridized carbons (Fsp3) is 0.600. The highest BCUT2D eigenvalue weighted by Crippen LogP contribution is 2.29. The van der Waals surface area contributed by atoms with Crippen molar-refractivity contribution in [2.24, 2.45) is 0 Å². The zero-order valence-electron chi connectivity index (χ0n) is 12.5. The van der Waals surface area contributed by atoms with Crippen LogP contribution in [0.25, 0.3) is 0 Å². The van der Waals surface area contributed by atoms with E-state index in [1.807, 2.05) is 13.8 Å². The van der Waals surface area contributed by atoms with E-state index in [2.05, 4.69) is 0 Å². The number of halogens is 1. The highest BCUT2D eigenvalue weighted by molar-refractivity contribution is 7.89. The summed E-state index contributed by atoms with van der Waals surface area (Å²) < 4.78 is 32.6. The van der Waals surface area contributed by atoms with Crippen molar-refractivity contribution < 1.29 is 13.2 Å². The van der Waals surface area contributed by atoms with Crippen molar-refractivity contribution in [2.75, 3.05) is 13.2 Å². The molecule has 0 amide bonds. The van der Waals surface area contributed by atoms with Crippen LogP contribution in [0, 0.1) is 0 Å². The lowest BCUT2D eigenvalue weighted by Gasteiger charge is -2.32. The lowest BCUT2D eigenvalue weighted by Crippen LogP contribution is -2.41. The molecule has 0 aromatic heterocycles. The minimum atomic E-state index is -3.46. The molecule has 4 nitrogen and oxygen atoms in total. The van der Waals surface area contributed by atoms with Gasteiger partial charge in [0.05, 0.1) is 17.4 Å². The van der Waals surface area contributed by atoms with Gasteiger partial charge in [0.25, 0.3) is 0 Å². The maximum absolute atomic E-state index is 12.8. The summed E-state index contributed by atoms with van der Waals surface area (Å²) in [5, 5.41) is 0. The predicted octanol–water partition coefficient (Wildman–Crippen LogP) is 3.39. The summed E-state index contributed by atoms with van der Waals surface area (Å²) in [5.41, 5.74) is 0.712. The first kappa shape index (κ1) is 16.6. The van der Waals surface area contributed by atoms with E-state index in [4.69, 9.17) is 16.3 Å². The van der Waals surface area contributed by atoms with Crippen LogP contribution in [-0.4, -0.2) is 31.9 Å². The van der Waals surface area contributed by atoms with Crippen LogP contribution in [0.2, 0.25) is 0 Å². The Kier molecular flexibility index (Phi) is 5.52. The highest BCUT2D eigenvalue weighted by atomic mass is 35.5. The molecule has 1 aromatic rings. The van der Waals surface area contributed by atoms with E-state index in [-0.39, 0.29) is 11.9 Å².